The number of ether oxygens (including phenoxy) is 5. The van der Waals surface area contributed by atoms with E-state index in [1.165, 1.54) is 0 Å². The van der Waals surface area contributed by atoms with E-state index in [0.29, 0.717) is 26.4 Å². The number of rotatable bonds is 13. The van der Waals surface area contributed by atoms with Crippen LogP contribution in [0.2, 0.25) is 0 Å². The van der Waals surface area contributed by atoms with Crippen LogP contribution in [0.1, 0.15) is 29.2 Å². The summed E-state index contributed by atoms with van der Waals surface area (Å²) in [6.07, 6.45) is -2.47. The van der Waals surface area contributed by atoms with Crippen LogP contribution in [0.15, 0.2) is 121 Å². The molecule has 0 unspecified atom stereocenters. The molecule has 0 amide bonds. The molecule has 0 aliphatic carbocycles. The van der Waals surface area contributed by atoms with E-state index in [2.05, 4.69) is 6.07 Å². The van der Waals surface area contributed by atoms with Crippen molar-refractivity contribution in [1.29, 1.82) is 5.26 Å². The van der Waals surface area contributed by atoms with Gasteiger partial charge in [0.15, 0.2) is 5.60 Å². The third-order valence-electron chi connectivity index (χ3n) is 7.39. The van der Waals surface area contributed by atoms with Gasteiger partial charge in [-0.1, -0.05) is 121 Å². The molecule has 0 radical (unpaired) electrons. The first-order valence-corrected chi connectivity index (χ1v) is 14.3. The second-order valence-corrected chi connectivity index (χ2v) is 10.6. The lowest BCUT2D eigenvalue weighted by molar-refractivity contribution is -0.288. The minimum atomic E-state index is -1.30. The lowest BCUT2D eigenvalue weighted by Gasteiger charge is -2.48. The van der Waals surface area contributed by atoms with Gasteiger partial charge in [0.2, 0.25) is 0 Å². The van der Waals surface area contributed by atoms with Crippen molar-refractivity contribution in [1.82, 2.24) is 0 Å². The monoisotopic (exact) mass is 563 g/mol. The molecule has 5 atom stereocenters. The van der Waals surface area contributed by atoms with Crippen molar-refractivity contribution in [2.24, 2.45) is 0 Å². The smallest absolute Gasteiger partial charge is 0.180 e. The lowest BCUT2D eigenvalue weighted by Crippen LogP contribution is -2.65. The van der Waals surface area contributed by atoms with Crippen LogP contribution in [0, 0.1) is 11.3 Å². The summed E-state index contributed by atoms with van der Waals surface area (Å²) in [6.45, 7) is 3.39. The highest BCUT2D eigenvalue weighted by Gasteiger charge is 2.55. The summed E-state index contributed by atoms with van der Waals surface area (Å²) in [7, 11) is 0. The van der Waals surface area contributed by atoms with E-state index in [-0.39, 0.29) is 6.61 Å². The molecule has 0 aromatic heterocycles. The molecular weight excluding hydrogens is 526 g/mol. The quantitative estimate of drug-likeness (QED) is 0.182. The van der Waals surface area contributed by atoms with Crippen molar-refractivity contribution in [2.75, 3.05) is 6.61 Å². The number of hydrogen-bond donors (Lipinski definition) is 0. The molecule has 0 bridgehead atoms. The first-order chi connectivity index (χ1) is 20.6. The van der Waals surface area contributed by atoms with Crippen LogP contribution in [0.3, 0.4) is 0 Å². The Hall–Kier alpha value is -3.83. The van der Waals surface area contributed by atoms with Crippen LogP contribution < -0.4 is 0 Å². The number of hydrogen-bond acceptors (Lipinski definition) is 6. The minimum absolute atomic E-state index is 0.224. The lowest BCUT2D eigenvalue weighted by atomic mass is 9.86. The van der Waals surface area contributed by atoms with Crippen molar-refractivity contribution in [3.63, 3.8) is 0 Å². The maximum absolute atomic E-state index is 10.4. The van der Waals surface area contributed by atoms with Crippen molar-refractivity contribution >= 4 is 0 Å². The van der Waals surface area contributed by atoms with Crippen molar-refractivity contribution in [3.05, 3.63) is 144 Å². The molecule has 42 heavy (non-hydrogen) atoms. The molecule has 0 saturated carbocycles. The van der Waals surface area contributed by atoms with Gasteiger partial charge in [0.05, 0.1) is 33.0 Å². The van der Waals surface area contributed by atoms with E-state index >= 15 is 0 Å². The maximum atomic E-state index is 10.4. The number of benzene rings is 4. The van der Waals surface area contributed by atoms with Gasteiger partial charge in [-0.15, -0.1) is 0 Å². The van der Waals surface area contributed by atoms with Gasteiger partial charge in [-0.2, -0.15) is 5.26 Å². The first kappa shape index (κ1) is 29.7. The highest BCUT2D eigenvalue weighted by molar-refractivity contribution is 5.18. The van der Waals surface area contributed by atoms with Crippen LogP contribution in [-0.2, 0) is 50.1 Å². The van der Waals surface area contributed by atoms with Crippen molar-refractivity contribution in [2.45, 2.75) is 63.4 Å². The average molecular weight is 564 g/mol. The second-order valence-electron chi connectivity index (χ2n) is 10.6. The van der Waals surface area contributed by atoms with Gasteiger partial charge >= 0.3 is 0 Å². The summed E-state index contributed by atoms with van der Waals surface area (Å²) in [5, 5.41) is 10.4. The Morgan fingerprint density at radius 3 is 1.45 bits per heavy atom. The Labute approximate surface area is 248 Å². The normalized spacial score (nSPS) is 23.7. The summed E-state index contributed by atoms with van der Waals surface area (Å²) in [5.74, 6) is 0. The predicted octanol–water partition coefficient (Wildman–Crippen LogP) is 6.64. The second kappa shape index (κ2) is 14.9. The van der Waals surface area contributed by atoms with Crippen molar-refractivity contribution < 1.29 is 23.7 Å². The summed E-state index contributed by atoms with van der Waals surface area (Å²) in [6, 6.07) is 42.2. The Kier molecular flexibility index (Phi) is 10.5. The molecule has 1 aliphatic heterocycles. The van der Waals surface area contributed by atoms with Gasteiger partial charge in [-0.25, -0.2) is 0 Å². The molecule has 0 spiro atoms. The molecule has 6 nitrogen and oxygen atoms in total. The van der Waals surface area contributed by atoms with E-state index < -0.39 is 30.0 Å². The number of nitriles is 1. The zero-order chi connectivity index (χ0) is 29.0. The molecule has 5 rings (SSSR count). The molecule has 0 N–H and O–H groups in total. The van der Waals surface area contributed by atoms with Crippen LogP contribution in [0.4, 0.5) is 0 Å². The fourth-order valence-electron chi connectivity index (χ4n) is 5.16. The highest BCUT2D eigenvalue weighted by Crippen LogP contribution is 2.36. The average Bonchev–Trinajstić information content (AvgIpc) is 3.05. The van der Waals surface area contributed by atoms with Crippen molar-refractivity contribution in [3.8, 4) is 6.07 Å². The standard InChI is InChI=1S/C36H37NO5/c1-36(27-37)35(41-25-31-20-12-5-13-21-31)34(40-24-30-18-10-4-11-19-30)33(39-23-29-16-8-3-9-17-29)32(42-36)26-38-22-28-14-6-2-7-15-28/h2-21,32-35H,22-26H2,1H3/t32-,33-,34+,35-,36-/m1/s1. The molecule has 216 valence electrons. The zero-order valence-electron chi connectivity index (χ0n) is 23.9. The number of nitrogens with zero attached hydrogens (tertiary/aromatic N) is 1. The Balaban J connectivity index is 1.43. The van der Waals surface area contributed by atoms with E-state index in [1.807, 2.05) is 121 Å². The van der Waals surface area contributed by atoms with E-state index in [9.17, 15) is 5.26 Å². The molecule has 6 heteroatoms. The SMILES string of the molecule is C[C@]1(C#N)O[C@H](COCc2ccccc2)[C@@H](OCc2ccccc2)[C@H](OCc2ccccc2)[C@H]1OCc1ccccc1. The Bertz CT molecular complexity index is 1380. The van der Waals surface area contributed by atoms with E-state index in [1.54, 1.807) is 6.92 Å². The van der Waals surface area contributed by atoms with Gasteiger partial charge in [-0.05, 0) is 29.2 Å². The molecule has 1 aliphatic rings. The Morgan fingerprint density at radius 1 is 0.595 bits per heavy atom. The fraction of sp³-hybridized carbons (Fsp3) is 0.306. The minimum Gasteiger partial charge on any atom is -0.374 e. The summed E-state index contributed by atoms with van der Waals surface area (Å²) in [5.41, 5.74) is 2.79. The van der Waals surface area contributed by atoms with Gasteiger partial charge < -0.3 is 23.7 Å². The first-order valence-electron chi connectivity index (χ1n) is 14.3. The highest BCUT2D eigenvalue weighted by atomic mass is 16.6. The van der Waals surface area contributed by atoms with E-state index in [4.69, 9.17) is 23.7 Å². The molecule has 4 aromatic carbocycles. The van der Waals surface area contributed by atoms with Gasteiger partial charge in [0.25, 0.3) is 0 Å². The molecular formula is C36H37NO5. The molecule has 1 fully saturated rings. The van der Waals surface area contributed by atoms with Crippen LogP contribution in [0.25, 0.3) is 0 Å². The topological polar surface area (TPSA) is 69.9 Å². The third kappa shape index (κ3) is 7.92. The third-order valence-corrected chi connectivity index (χ3v) is 7.39. The summed E-state index contributed by atoms with van der Waals surface area (Å²) >= 11 is 0. The maximum Gasteiger partial charge on any atom is 0.180 e. The van der Waals surface area contributed by atoms with Crippen LogP contribution in [-0.4, -0.2) is 36.6 Å². The van der Waals surface area contributed by atoms with Gasteiger partial charge in [-0.3, -0.25) is 0 Å². The molecule has 1 heterocycles. The summed E-state index contributed by atoms with van der Waals surface area (Å²) < 4.78 is 32.4. The molecule has 4 aromatic rings. The van der Waals surface area contributed by atoms with E-state index in [0.717, 1.165) is 22.3 Å². The van der Waals surface area contributed by atoms with Crippen LogP contribution >= 0.6 is 0 Å². The zero-order valence-corrected chi connectivity index (χ0v) is 23.9. The largest absolute Gasteiger partial charge is 0.374 e. The van der Waals surface area contributed by atoms with Gasteiger partial charge in [0.1, 0.15) is 30.5 Å². The predicted molar refractivity (Wildman–Crippen MR) is 160 cm³/mol. The fourth-order valence-corrected chi connectivity index (χ4v) is 5.16. The van der Waals surface area contributed by atoms with Gasteiger partial charge in [0, 0.05) is 0 Å². The summed E-state index contributed by atoms with van der Waals surface area (Å²) in [4.78, 5) is 0. The Morgan fingerprint density at radius 2 is 1.00 bits per heavy atom. The van der Waals surface area contributed by atoms with Crippen LogP contribution in [0.5, 0.6) is 0 Å². The molecule has 1 saturated heterocycles.